The number of halogens is 1. The molecule has 0 aliphatic carbocycles. The van der Waals surface area contributed by atoms with Crippen molar-refractivity contribution < 1.29 is 23.9 Å². The molecular weight excluding hydrogens is 470 g/mol. The smallest absolute Gasteiger partial charge is 0.338 e. The Morgan fingerprint density at radius 2 is 1.63 bits per heavy atom. The lowest BCUT2D eigenvalue weighted by Gasteiger charge is -2.36. The van der Waals surface area contributed by atoms with Gasteiger partial charge in [-0.15, -0.1) is 0 Å². The van der Waals surface area contributed by atoms with E-state index >= 15 is 0 Å². The number of nitrogens with zero attached hydrogens (tertiary/aromatic N) is 1. The molecule has 0 fully saturated rings. The third-order valence-electron chi connectivity index (χ3n) is 5.40. The Morgan fingerprint density at radius 1 is 0.971 bits per heavy atom. The van der Waals surface area contributed by atoms with Crippen LogP contribution in [0.3, 0.4) is 0 Å². The van der Waals surface area contributed by atoms with Crippen molar-refractivity contribution in [3.05, 3.63) is 88.9 Å². The molecule has 3 amide bonds. The van der Waals surface area contributed by atoms with Crippen LogP contribution < -0.4 is 15.5 Å². The van der Waals surface area contributed by atoms with Crippen LogP contribution in [0.15, 0.2) is 72.8 Å². The van der Waals surface area contributed by atoms with Crippen molar-refractivity contribution >= 4 is 52.4 Å². The number of anilines is 3. The maximum absolute atomic E-state index is 13.5. The van der Waals surface area contributed by atoms with Crippen LogP contribution in [0.2, 0.25) is 5.02 Å². The van der Waals surface area contributed by atoms with Gasteiger partial charge in [0.2, 0.25) is 11.8 Å². The summed E-state index contributed by atoms with van der Waals surface area (Å²) in [6.45, 7) is 1.97. The minimum Gasteiger partial charge on any atom is -0.462 e. The van der Waals surface area contributed by atoms with Crippen LogP contribution in [-0.4, -0.2) is 36.3 Å². The standard InChI is InChI=1S/C26H22ClN3O5/c1-2-35-26(34)17-9-13-19(14-10-17)28-23(31)15-22-24(32)29-20-5-3-4-6-21(20)30(22)25(33)16-7-11-18(27)12-8-16/h3-14,22H,2,15H2,1H3,(H,28,31)(H,29,32)/t22-/m0/s1. The minimum atomic E-state index is -1.08. The predicted molar refractivity (Wildman–Crippen MR) is 133 cm³/mol. The fraction of sp³-hybridized carbons (Fsp3) is 0.154. The Bertz CT molecular complexity index is 1270. The maximum Gasteiger partial charge on any atom is 0.338 e. The first-order chi connectivity index (χ1) is 16.9. The quantitative estimate of drug-likeness (QED) is 0.493. The SMILES string of the molecule is CCOC(=O)c1ccc(NC(=O)C[C@H]2C(=O)Nc3ccccc3N2C(=O)c2ccc(Cl)cc2)cc1. The van der Waals surface area contributed by atoms with E-state index in [1.165, 1.54) is 17.0 Å². The van der Waals surface area contributed by atoms with Crippen molar-refractivity contribution in [1.29, 1.82) is 0 Å². The topological polar surface area (TPSA) is 105 Å². The molecule has 1 heterocycles. The number of hydrogen-bond acceptors (Lipinski definition) is 5. The lowest BCUT2D eigenvalue weighted by molar-refractivity contribution is -0.122. The summed E-state index contributed by atoms with van der Waals surface area (Å²) in [7, 11) is 0. The van der Waals surface area contributed by atoms with Crippen molar-refractivity contribution in [2.75, 3.05) is 22.1 Å². The number of fused-ring (bicyclic) bond motifs is 1. The van der Waals surface area contributed by atoms with Gasteiger partial charge < -0.3 is 15.4 Å². The van der Waals surface area contributed by atoms with E-state index in [4.69, 9.17) is 16.3 Å². The largest absolute Gasteiger partial charge is 0.462 e. The summed E-state index contributed by atoms with van der Waals surface area (Å²) in [5, 5.41) is 5.96. The lowest BCUT2D eigenvalue weighted by atomic mass is 10.0. The number of nitrogens with one attached hydrogen (secondary N) is 2. The predicted octanol–water partition coefficient (Wildman–Crippen LogP) is 4.51. The number of amides is 3. The van der Waals surface area contributed by atoms with Crippen molar-refractivity contribution in [2.45, 2.75) is 19.4 Å². The molecule has 178 valence electrons. The van der Waals surface area contributed by atoms with Crippen molar-refractivity contribution in [3.63, 3.8) is 0 Å². The summed E-state index contributed by atoms with van der Waals surface area (Å²) in [4.78, 5) is 52.4. The van der Waals surface area contributed by atoms with Crippen LogP contribution >= 0.6 is 11.6 Å². The fourth-order valence-corrected chi connectivity index (χ4v) is 3.87. The molecule has 1 atom stereocenters. The highest BCUT2D eigenvalue weighted by Gasteiger charge is 2.38. The summed E-state index contributed by atoms with van der Waals surface area (Å²) in [6, 6.07) is 18.3. The number of carbonyl (C=O) groups excluding carboxylic acids is 4. The molecular formula is C26H22ClN3O5. The second-order valence-electron chi connectivity index (χ2n) is 7.75. The summed E-state index contributed by atoms with van der Waals surface area (Å²) >= 11 is 5.96. The van der Waals surface area contributed by atoms with Crippen LogP contribution in [0.4, 0.5) is 17.1 Å². The molecule has 0 saturated heterocycles. The molecule has 9 heteroatoms. The maximum atomic E-state index is 13.5. The highest BCUT2D eigenvalue weighted by Crippen LogP contribution is 2.34. The van der Waals surface area contributed by atoms with Gasteiger partial charge >= 0.3 is 5.97 Å². The molecule has 0 saturated carbocycles. The molecule has 2 N–H and O–H groups in total. The van der Waals surface area contributed by atoms with E-state index in [1.807, 2.05) is 0 Å². The monoisotopic (exact) mass is 491 g/mol. The van der Waals surface area contributed by atoms with Gasteiger partial charge in [0.25, 0.3) is 5.91 Å². The van der Waals surface area contributed by atoms with Gasteiger partial charge in [0.15, 0.2) is 0 Å². The molecule has 8 nitrogen and oxygen atoms in total. The van der Waals surface area contributed by atoms with Gasteiger partial charge in [-0.2, -0.15) is 0 Å². The second kappa shape index (κ2) is 10.4. The van der Waals surface area contributed by atoms with Gasteiger partial charge in [-0.25, -0.2) is 4.79 Å². The first kappa shape index (κ1) is 24.0. The fourth-order valence-electron chi connectivity index (χ4n) is 3.75. The Hall–Kier alpha value is -4.17. The zero-order chi connectivity index (χ0) is 24.9. The molecule has 3 aromatic carbocycles. The first-order valence-corrected chi connectivity index (χ1v) is 11.3. The second-order valence-corrected chi connectivity index (χ2v) is 8.19. The van der Waals surface area contributed by atoms with E-state index in [2.05, 4.69) is 10.6 Å². The molecule has 35 heavy (non-hydrogen) atoms. The van der Waals surface area contributed by atoms with Gasteiger partial charge in [-0.05, 0) is 67.6 Å². The zero-order valence-electron chi connectivity index (χ0n) is 18.8. The third kappa shape index (κ3) is 5.33. The number of para-hydroxylation sites is 2. The molecule has 4 rings (SSSR count). The van der Waals surface area contributed by atoms with E-state index in [0.717, 1.165) is 0 Å². The molecule has 1 aliphatic rings. The van der Waals surface area contributed by atoms with E-state index in [1.54, 1.807) is 67.6 Å². The summed E-state index contributed by atoms with van der Waals surface area (Å²) in [6.07, 6.45) is -0.279. The Morgan fingerprint density at radius 3 is 2.31 bits per heavy atom. The molecule has 0 bridgehead atoms. The number of carbonyl (C=O) groups is 4. The van der Waals surface area contributed by atoms with Gasteiger partial charge in [0.1, 0.15) is 6.04 Å². The van der Waals surface area contributed by atoms with Gasteiger partial charge in [0.05, 0.1) is 30.0 Å². The van der Waals surface area contributed by atoms with Crippen LogP contribution in [0, 0.1) is 0 Å². The number of ether oxygens (including phenoxy) is 1. The molecule has 0 radical (unpaired) electrons. The van der Waals surface area contributed by atoms with Crippen LogP contribution in [0.25, 0.3) is 0 Å². The van der Waals surface area contributed by atoms with Crippen molar-refractivity contribution in [2.24, 2.45) is 0 Å². The third-order valence-corrected chi connectivity index (χ3v) is 5.66. The molecule has 0 unspecified atom stereocenters. The Balaban J connectivity index is 1.56. The summed E-state index contributed by atoms with van der Waals surface area (Å²) < 4.78 is 4.95. The van der Waals surface area contributed by atoms with Crippen LogP contribution in [0.5, 0.6) is 0 Å². The van der Waals surface area contributed by atoms with E-state index in [0.29, 0.717) is 33.2 Å². The molecule has 3 aromatic rings. The van der Waals surface area contributed by atoms with E-state index in [-0.39, 0.29) is 13.0 Å². The average molecular weight is 492 g/mol. The van der Waals surface area contributed by atoms with Crippen LogP contribution in [0.1, 0.15) is 34.1 Å². The summed E-state index contributed by atoms with van der Waals surface area (Å²) in [5.41, 5.74) is 2.09. The molecule has 0 spiro atoms. The normalized spacial score (nSPS) is 14.5. The van der Waals surface area contributed by atoms with Crippen LogP contribution in [-0.2, 0) is 14.3 Å². The zero-order valence-corrected chi connectivity index (χ0v) is 19.5. The highest BCUT2D eigenvalue weighted by molar-refractivity contribution is 6.30. The van der Waals surface area contributed by atoms with Gasteiger partial charge in [-0.3, -0.25) is 19.3 Å². The van der Waals surface area contributed by atoms with E-state index < -0.39 is 29.7 Å². The van der Waals surface area contributed by atoms with Crippen molar-refractivity contribution in [3.8, 4) is 0 Å². The minimum absolute atomic E-state index is 0.259. The number of benzene rings is 3. The Kier molecular flexibility index (Phi) is 7.12. The Labute approximate surface area is 206 Å². The highest BCUT2D eigenvalue weighted by atomic mass is 35.5. The van der Waals surface area contributed by atoms with Gasteiger partial charge in [0, 0.05) is 16.3 Å². The average Bonchev–Trinajstić information content (AvgIpc) is 2.85. The van der Waals surface area contributed by atoms with E-state index in [9.17, 15) is 19.2 Å². The molecule has 0 aromatic heterocycles. The molecule has 1 aliphatic heterocycles. The lowest BCUT2D eigenvalue weighted by Crippen LogP contribution is -2.52. The number of hydrogen-bond donors (Lipinski definition) is 2. The first-order valence-electron chi connectivity index (χ1n) is 10.9. The number of rotatable bonds is 6. The van der Waals surface area contributed by atoms with Crippen molar-refractivity contribution in [1.82, 2.24) is 0 Å². The summed E-state index contributed by atoms with van der Waals surface area (Å²) in [5.74, 6) is -1.83. The number of esters is 1. The van der Waals surface area contributed by atoms with Gasteiger partial charge in [-0.1, -0.05) is 23.7 Å².